The third-order valence-corrected chi connectivity index (χ3v) is 9.53. The van der Waals surface area contributed by atoms with Crippen molar-refractivity contribution in [2.75, 3.05) is 6.54 Å². The zero-order chi connectivity index (χ0) is 17.3. The summed E-state index contributed by atoms with van der Waals surface area (Å²) in [6.07, 6.45) is 3.84. The first-order chi connectivity index (χ1) is 11.7. The van der Waals surface area contributed by atoms with Crippen LogP contribution in [-0.4, -0.2) is 19.8 Å². The molecule has 0 bridgehead atoms. The lowest BCUT2D eigenvalue weighted by Gasteiger charge is -2.33. The maximum absolute atomic E-state index is 6.75. The van der Waals surface area contributed by atoms with Crippen molar-refractivity contribution in [1.82, 2.24) is 10.3 Å². The van der Waals surface area contributed by atoms with Gasteiger partial charge in [0.2, 0.25) is 0 Å². The number of benzene rings is 1. The topological polar surface area (TPSA) is 34.1 Å². The second-order valence-corrected chi connectivity index (χ2v) is 11.0. The molecule has 0 aliphatic heterocycles. The molecule has 2 rings (SSSR count). The molecular formula is C20H30N2OSi. The zero-order valence-corrected chi connectivity index (χ0v) is 16.2. The maximum Gasteiger partial charge on any atom is 0.192 e. The standard InChI is InChI=1S/C20H30N2OSi/c1-4-24(5-2,6-3)23-20(19-13-10-14-21-16-19)17-22-15-18-11-8-7-9-12-18/h7-14,16,20,22H,4-6,15,17H2,1-3H3. The van der Waals surface area contributed by atoms with Gasteiger partial charge in [-0.1, -0.05) is 57.2 Å². The fraction of sp³-hybridized carbons (Fsp3) is 0.450. The summed E-state index contributed by atoms with van der Waals surface area (Å²) in [6.45, 7) is 8.50. The monoisotopic (exact) mass is 342 g/mol. The van der Waals surface area contributed by atoms with Crippen LogP contribution in [0.3, 0.4) is 0 Å². The van der Waals surface area contributed by atoms with Crippen LogP contribution in [0.2, 0.25) is 18.1 Å². The van der Waals surface area contributed by atoms with Gasteiger partial charge in [0.1, 0.15) is 0 Å². The van der Waals surface area contributed by atoms with Crippen LogP contribution in [0.4, 0.5) is 0 Å². The van der Waals surface area contributed by atoms with Crippen molar-refractivity contribution in [2.45, 2.75) is 51.6 Å². The maximum atomic E-state index is 6.75. The molecule has 0 spiro atoms. The van der Waals surface area contributed by atoms with Gasteiger partial charge in [0.05, 0.1) is 6.10 Å². The van der Waals surface area contributed by atoms with Crippen molar-refractivity contribution < 1.29 is 4.43 Å². The summed E-state index contributed by atoms with van der Waals surface area (Å²) in [6, 6.07) is 18.1. The van der Waals surface area contributed by atoms with Crippen LogP contribution in [0, 0.1) is 0 Å². The molecule has 1 atom stereocenters. The smallest absolute Gasteiger partial charge is 0.192 e. The van der Waals surface area contributed by atoms with Crippen molar-refractivity contribution in [1.29, 1.82) is 0 Å². The van der Waals surface area contributed by atoms with E-state index in [-0.39, 0.29) is 6.10 Å². The zero-order valence-electron chi connectivity index (χ0n) is 15.2. The van der Waals surface area contributed by atoms with Crippen LogP contribution in [-0.2, 0) is 11.0 Å². The molecular weight excluding hydrogens is 312 g/mol. The van der Waals surface area contributed by atoms with Gasteiger partial charge < -0.3 is 9.74 Å². The Bertz CT molecular complexity index is 564. The summed E-state index contributed by atoms with van der Waals surface area (Å²) in [5.74, 6) is 0. The molecule has 1 unspecified atom stereocenters. The van der Waals surface area contributed by atoms with E-state index in [0.717, 1.165) is 31.2 Å². The Morgan fingerprint density at radius 1 is 1.00 bits per heavy atom. The molecule has 0 saturated carbocycles. The molecule has 0 aliphatic carbocycles. The van der Waals surface area contributed by atoms with Gasteiger partial charge in [0.25, 0.3) is 0 Å². The van der Waals surface area contributed by atoms with Crippen LogP contribution in [0.1, 0.15) is 38.0 Å². The minimum atomic E-state index is -1.66. The van der Waals surface area contributed by atoms with Crippen LogP contribution in [0.25, 0.3) is 0 Å². The highest BCUT2D eigenvalue weighted by molar-refractivity contribution is 6.73. The predicted octanol–water partition coefficient (Wildman–Crippen LogP) is 4.93. The molecule has 130 valence electrons. The minimum absolute atomic E-state index is 0.0777. The van der Waals surface area contributed by atoms with Crippen molar-refractivity contribution in [3.05, 3.63) is 66.0 Å². The molecule has 0 radical (unpaired) electrons. The van der Waals surface area contributed by atoms with E-state index in [1.807, 2.05) is 18.5 Å². The van der Waals surface area contributed by atoms with Crippen LogP contribution in [0.15, 0.2) is 54.9 Å². The Morgan fingerprint density at radius 2 is 1.71 bits per heavy atom. The van der Waals surface area contributed by atoms with Gasteiger partial charge in [-0.2, -0.15) is 0 Å². The van der Waals surface area contributed by atoms with Gasteiger partial charge in [-0.05, 0) is 35.3 Å². The number of nitrogens with zero attached hydrogens (tertiary/aromatic N) is 1. The molecule has 0 aliphatic rings. The molecule has 1 N–H and O–H groups in total. The summed E-state index contributed by atoms with van der Waals surface area (Å²) in [4.78, 5) is 4.29. The molecule has 0 amide bonds. The molecule has 0 fully saturated rings. The first-order valence-corrected chi connectivity index (χ1v) is 11.6. The highest BCUT2D eigenvalue weighted by Gasteiger charge is 2.32. The average Bonchev–Trinajstić information content (AvgIpc) is 2.66. The largest absolute Gasteiger partial charge is 0.409 e. The summed E-state index contributed by atoms with van der Waals surface area (Å²) in [7, 11) is -1.66. The van der Waals surface area contributed by atoms with Crippen molar-refractivity contribution in [3.8, 4) is 0 Å². The van der Waals surface area contributed by atoms with E-state index in [4.69, 9.17) is 4.43 Å². The van der Waals surface area contributed by atoms with E-state index in [1.165, 1.54) is 11.1 Å². The molecule has 1 aromatic heterocycles. The van der Waals surface area contributed by atoms with Gasteiger partial charge in [-0.15, -0.1) is 0 Å². The van der Waals surface area contributed by atoms with E-state index in [2.05, 4.69) is 67.5 Å². The molecule has 2 aromatic rings. The molecule has 3 nitrogen and oxygen atoms in total. The van der Waals surface area contributed by atoms with E-state index in [1.54, 1.807) is 0 Å². The predicted molar refractivity (Wildman–Crippen MR) is 103 cm³/mol. The first-order valence-electron chi connectivity index (χ1n) is 9.05. The third kappa shape index (κ3) is 5.26. The minimum Gasteiger partial charge on any atom is -0.409 e. The second-order valence-electron chi connectivity index (χ2n) is 6.25. The number of aromatic nitrogens is 1. The van der Waals surface area contributed by atoms with Crippen molar-refractivity contribution in [3.63, 3.8) is 0 Å². The van der Waals surface area contributed by atoms with Crippen molar-refractivity contribution in [2.24, 2.45) is 0 Å². The number of hydrogen-bond acceptors (Lipinski definition) is 3. The molecule has 1 aromatic carbocycles. The van der Waals surface area contributed by atoms with E-state index < -0.39 is 8.32 Å². The summed E-state index contributed by atoms with van der Waals surface area (Å²) in [5, 5.41) is 3.56. The van der Waals surface area contributed by atoms with Gasteiger partial charge in [0, 0.05) is 25.5 Å². The lowest BCUT2D eigenvalue weighted by atomic mass is 10.1. The van der Waals surface area contributed by atoms with Crippen LogP contribution >= 0.6 is 0 Å². The lowest BCUT2D eigenvalue weighted by Crippen LogP contribution is -2.39. The van der Waals surface area contributed by atoms with Gasteiger partial charge in [-0.25, -0.2) is 0 Å². The molecule has 1 heterocycles. The van der Waals surface area contributed by atoms with E-state index >= 15 is 0 Å². The fourth-order valence-electron chi connectivity index (χ4n) is 3.04. The number of nitrogens with one attached hydrogen (secondary N) is 1. The van der Waals surface area contributed by atoms with E-state index in [9.17, 15) is 0 Å². The van der Waals surface area contributed by atoms with Crippen LogP contribution in [0.5, 0.6) is 0 Å². The van der Waals surface area contributed by atoms with Gasteiger partial charge in [-0.3, -0.25) is 4.98 Å². The number of rotatable bonds is 10. The summed E-state index contributed by atoms with van der Waals surface area (Å²) >= 11 is 0. The fourth-order valence-corrected chi connectivity index (χ4v) is 5.86. The lowest BCUT2D eigenvalue weighted by molar-refractivity contribution is 0.185. The Hall–Kier alpha value is -1.49. The average molecular weight is 343 g/mol. The number of hydrogen-bond donors (Lipinski definition) is 1. The number of pyridine rings is 1. The summed E-state index contributed by atoms with van der Waals surface area (Å²) < 4.78 is 6.75. The van der Waals surface area contributed by atoms with Crippen LogP contribution < -0.4 is 5.32 Å². The molecule has 0 saturated heterocycles. The van der Waals surface area contributed by atoms with E-state index in [0.29, 0.717) is 0 Å². The van der Waals surface area contributed by atoms with Crippen molar-refractivity contribution >= 4 is 8.32 Å². The quantitative estimate of drug-likeness (QED) is 0.621. The summed E-state index contributed by atoms with van der Waals surface area (Å²) in [5.41, 5.74) is 2.47. The Morgan fingerprint density at radius 3 is 2.29 bits per heavy atom. The highest BCUT2D eigenvalue weighted by atomic mass is 28.4. The van der Waals surface area contributed by atoms with Gasteiger partial charge >= 0.3 is 0 Å². The second kappa shape index (κ2) is 9.72. The Balaban J connectivity index is 2.06. The SMILES string of the molecule is CC[Si](CC)(CC)OC(CNCc1ccccc1)c1cccnc1. The first kappa shape index (κ1) is 18.8. The Labute approximate surface area is 147 Å². The normalized spacial score (nSPS) is 13.0. The highest BCUT2D eigenvalue weighted by Crippen LogP contribution is 2.29. The van der Waals surface area contributed by atoms with Gasteiger partial charge in [0.15, 0.2) is 8.32 Å². The Kier molecular flexibility index (Phi) is 7.63. The third-order valence-electron chi connectivity index (χ3n) is 4.88. The molecule has 24 heavy (non-hydrogen) atoms. The molecule has 4 heteroatoms.